The first-order valence-electron chi connectivity index (χ1n) is 14.1. The Morgan fingerprint density at radius 1 is 0.206 bits per heavy atom. The Bertz CT molecular complexity index is 463. The minimum atomic E-state index is 1.28. The molecule has 0 saturated heterocycles. The molecule has 3 aromatic carbocycles. The molecule has 0 N–H and O–H groups in total. The van der Waals surface area contributed by atoms with Gasteiger partial charge in [-0.25, -0.2) is 0 Å². The Morgan fingerprint density at radius 3 is 0.471 bits per heavy atom. The molecule has 0 aromatic heterocycles. The fourth-order valence-electron chi connectivity index (χ4n) is 1.65. The standard InChI is InChI=1S/C12H10.C6H6.8C2H6/c1-3-7-11(8-4-1)12-9-5-2-6-10-12;1-2-4-6-5-3-1;8*1-2/h1-10H;1-6H;8*1-2H3. The van der Waals surface area contributed by atoms with Crippen LogP contribution in [0.1, 0.15) is 111 Å². The van der Waals surface area contributed by atoms with Gasteiger partial charge in [-0.1, -0.05) is 208 Å². The molecule has 0 saturated carbocycles. The number of hydrogen-bond acceptors (Lipinski definition) is 0. The minimum absolute atomic E-state index is 1.28. The lowest BCUT2D eigenvalue weighted by Gasteiger charge is -1.98. The highest BCUT2D eigenvalue weighted by molar-refractivity contribution is 5.62. The molecule has 200 valence electrons. The maximum atomic E-state index is 2.12. The topological polar surface area (TPSA) is 0 Å². The lowest BCUT2D eigenvalue weighted by atomic mass is 10.1. The molecule has 0 aliphatic heterocycles. The highest BCUT2D eigenvalue weighted by atomic mass is 14.0. The monoisotopic (exact) mass is 473 g/mol. The van der Waals surface area contributed by atoms with Gasteiger partial charge in [-0.05, 0) is 11.1 Å². The van der Waals surface area contributed by atoms with Crippen molar-refractivity contribution in [2.45, 2.75) is 111 Å². The molecule has 0 atom stereocenters. The van der Waals surface area contributed by atoms with Gasteiger partial charge in [-0.15, -0.1) is 0 Å². The molecular formula is C34H64. The molecule has 3 aromatic rings. The van der Waals surface area contributed by atoms with E-state index < -0.39 is 0 Å². The van der Waals surface area contributed by atoms with Crippen LogP contribution in [0.25, 0.3) is 11.1 Å². The fraction of sp³-hybridized carbons (Fsp3) is 0.471. The predicted molar refractivity (Wildman–Crippen MR) is 169 cm³/mol. The second-order valence-corrected chi connectivity index (χ2v) is 3.89. The van der Waals surface area contributed by atoms with Crippen LogP contribution in [-0.2, 0) is 0 Å². The third-order valence-electron chi connectivity index (χ3n) is 2.55. The van der Waals surface area contributed by atoms with Crippen LogP contribution in [0.5, 0.6) is 0 Å². The summed E-state index contributed by atoms with van der Waals surface area (Å²) in [6, 6.07) is 32.8. The molecular weight excluding hydrogens is 408 g/mol. The third kappa shape index (κ3) is 43.5. The van der Waals surface area contributed by atoms with E-state index in [-0.39, 0.29) is 0 Å². The number of hydrogen-bond donors (Lipinski definition) is 0. The first-order chi connectivity index (χ1) is 17.0. The lowest BCUT2D eigenvalue weighted by molar-refractivity contribution is 1.50. The SMILES string of the molecule is CC.CC.CC.CC.CC.CC.CC.CC.c1ccc(-c2ccccc2)cc1.c1ccccc1. The predicted octanol–water partition coefficient (Wildman–Crippen LogP) is 13.2. The van der Waals surface area contributed by atoms with Gasteiger partial charge in [0, 0.05) is 0 Å². The highest BCUT2D eigenvalue weighted by Crippen LogP contribution is 2.17. The molecule has 0 heteroatoms. The smallest absolute Gasteiger partial charge is 0.0184 e. The van der Waals surface area contributed by atoms with E-state index in [1.54, 1.807) is 0 Å². The van der Waals surface area contributed by atoms with Crippen molar-refractivity contribution in [3.63, 3.8) is 0 Å². The minimum Gasteiger partial charge on any atom is -0.0683 e. The molecule has 0 nitrogen and oxygen atoms in total. The van der Waals surface area contributed by atoms with Crippen LogP contribution in [0.4, 0.5) is 0 Å². The summed E-state index contributed by atoms with van der Waals surface area (Å²) in [4.78, 5) is 0. The zero-order valence-corrected chi connectivity index (χ0v) is 26.2. The van der Waals surface area contributed by atoms with Crippen molar-refractivity contribution in [1.82, 2.24) is 0 Å². The summed E-state index contributed by atoms with van der Waals surface area (Å²) in [6.45, 7) is 32.0. The van der Waals surface area contributed by atoms with Gasteiger partial charge >= 0.3 is 0 Å². The summed E-state index contributed by atoms with van der Waals surface area (Å²) < 4.78 is 0. The number of benzene rings is 3. The third-order valence-corrected chi connectivity index (χ3v) is 2.55. The Hall–Kier alpha value is -2.34. The fourth-order valence-corrected chi connectivity index (χ4v) is 1.65. The summed E-state index contributed by atoms with van der Waals surface area (Å²) in [7, 11) is 0. The van der Waals surface area contributed by atoms with Crippen molar-refractivity contribution in [1.29, 1.82) is 0 Å². The van der Waals surface area contributed by atoms with E-state index in [1.807, 2.05) is 159 Å². The van der Waals surface area contributed by atoms with Gasteiger partial charge in [0.2, 0.25) is 0 Å². The molecule has 0 fully saturated rings. The second kappa shape index (κ2) is 69.8. The van der Waals surface area contributed by atoms with Crippen LogP contribution in [0.3, 0.4) is 0 Å². The van der Waals surface area contributed by atoms with Crippen molar-refractivity contribution >= 4 is 0 Å². The van der Waals surface area contributed by atoms with E-state index in [4.69, 9.17) is 0 Å². The number of rotatable bonds is 1. The van der Waals surface area contributed by atoms with Crippen LogP contribution in [0, 0.1) is 0 Å². The molecule has 3 rings (SSSR count). The molecule has 34 heavy (non-hydrogen) atoms. The van der Waals surface area contributed by atoms with Crippen LogP contribution in [0.2, 0.25) is 0 Å². The highest BCUT2D eigenvalue weighted by Gasteiger charge is 1.91. The first-order valence-corrected chi connectivity index (χ1v) is 14.1. The van der Waals surface area contributed by atoms with Crippen molar-refractivity contribution in [2.75, 3.05) is 0 Å². The molecule has 0 heterocycles. The Labute approximate surface area is 218 Å². The van der Waals surface area contributed by atoms with Crippen molar-refractivity contribution in [3.05, 3.63) is 97.1 Å². The van der Waals surface area contributed by atoms with E-state index in [0.717, 1.165) is 0 Å². The summed E-state index contributed by atoms with van der Waals surface area (Å²) in [5.41, 5.74) is 2.55. The summed E-state index contributed by atoms with van der Waals surface area (Å²) in [5.74, 6) is 0. The largest absolute Gasteiger partial charge is 0.0683 e. The summed E-state index contributed by atoms with van der Waals surface area (Å²) in [6.07, 6.45) is 0. The lowest BCUT2D eigenvalue weighted by Crippen LogP contribution is -1.73. The maximum Gasteiger partial charge on any atom is -0.0184 e. The first kappa shape index (κ1) is 48.9. The van der Waals surface area contributed by atoms with Gasteiger partial charge in [0.1, 0.15) is 0 Å². The summed E-state index contributed by atoms with van der Waals surface area (Å²) in [5, 5.41) is 0. The zero-order valence-electron chi connectivity index (χ0n) is 26.2. The van der Waals surface area contributed by atoms with Crippen molar-refractivity contribution in [3.8, 4) is 11.1 Å². The van der Waals surface area contributed by atoms with Crippen LogP contribution in [-0.4, -0.2) is 0 Å². The van der Waals surface area contributed by atoms with E-state index in [0.29, 0.717) is 0 Å². The van der Waals surface area contributed by atoms with Gasteiger partial charge in [0.05, 0.1) is 0 Å². The van der Waals surface area contributed by atoms with Gasteiger partial charge in [0.15, 0.2) is 0 Å². The molecule has 0 aliphatic carbocycles. The normalized spacial score (nSPS) is 6.24. The van der Waals surface area contributed by atoms with Gasteiger partial charge in [0.25, 0.3) is 0 Å². The Balaban J connectivity index is -0.0000000570. The average molecular weight is 473 g/mol. The van der Waals surface area contributed by atoms with Gasteiger partial charge < -0.3 is 0 Å². The quantitative estimate of drug-likeness (QED) is 0.330. The van der Waals surface area contributed by atoms with Crippen LogP contribution in [0.15, 0.2) is 97.1 Å². The van der Waals surface area contributed by atoms with Crippen LogP contribution >= 0.6 is 0 Å². The molecule has 0 bridgehead atoms. The van der Waals surface area contributed by atoms with Crippen molar-refractivity contribution < 1.29 is 0 Å². The van der Waals surface area contributed by atoms with Gasteiger partial charge in [-0.3, -0.25) is 0 Å². The second-order valence-electron chi connectivity index (χ2n) is 3.89. The zero-order chi connectivity index (χ0) is 28.5. The average Bonchev–Trinajstić information content (AvgIpc) is 3.03. The molecule has 0 amide bonds. The molecule has 0 unspecified atom stereocenters. The molecule has 0 spiro atoms. The Morgan fingerprint density at radius 2 is 0.324 bits per heavy atom. The maximum absolute atomic E-state index is 2.12. The van der Waals surface area contributed by atoms with E-state index in [2.05, 4.69) is 48.5 Å². The van der Waals surface area contributed by atoms with E-state index >= 15 is 0 Å². The molecule has 0 radical (unpaired) electrons. The Kier molecular flexibility index (Phi) is 100. The van der Waals surface area contributed by atoms with Gasteiger partial charge in [-0.2, -0.15) is 0 Å². The van der Waals surface area contributed by atoms with Crippen molar-refractivity contribution in [2.24, 2.45) is 0 Å². The van der Waals surface area contributed by atoms with E-state index in [9.17, 15) is 0 Å². The van der Waals surface area contributed by atoms with Crippen LogP contribution < -0.4 is 0 Å². The summed E-state index contributed by atoms with van der Waals surface area (Å²) >= 11 is 0. The molecule has 0 aliphatic rings. The van der Waals surface area contributed by atoms with E-state index in [1.165, 1.54) is 11.1 Å².